The first kappa shape index (κ1) is 12.7. The Kier molecular flexibility index (Phi) is 3.43. The van der Waals surface area contributed by atoms with Crippen LogP contribution in [0.5, 0.6) is 0 Å². The van der Waals surface area contributed by atoms with Crippen molar-refractivity contribution in [2.75, 3.05) is 0 Å². The fourth-order valence-corrected chi connectivity index (χ4v) is 1.90. The molecule has 0 aliphatic heterocycles. The van der Waals surface area contributed by atoms with Gasteiger partial charge in [-0.1, -0.05) is 26.1 Å². The number of hydrogen-bond acceptors (Lipinski definition) is 3. The van der Waals surface area contributed by atoms with Gasteiger partial charge in [-0.2, -0.15) is 0 Å². The summed E-state index contributed by atoms with van der Waals surface area (Å²) in [5, 5.41) is 0. The minimum atomic E-state index is 0.285. The third kappa shape index (κ3) is 2.41. The predicted octanol–water partition coefficient (Wildman–Crippen LogP) is 2.33. The van der Waals surface area contributed by atoms with Crippen LogP contribution >= 0.6 is 12.2 Å². The second kappa shape index (κ2) is 4.86. The Labute approximate surface area is 112 Å². The van der Waals surface area contributed by atoms with Gasteiger partial charge in [-0.05, 0) is 19.1 Å². The standard InChI is InChI=1S/C13H16N4S/c1-8(2)13-15-9(3)7-11(16-13)17-6-4-5-10(17)12(14)18/h4-8H,1-3H3,(H2,14,18). The molecule has 2 heterocycles. The van der Waals surface area contributed by atoms with Gasteiger partial charge < -0.3 is 5.73 Å². The molecule has 4 nitrogen and oxygen atoms in total. The van der Waals surface area contributed by atoms with E-state index < -0.39 is 0 Å². The van der Waals surface area contributed by atoms with E-state index in [1.165, 1.54) is 0 Å². The zero-order valence-corrected chi connectivity index (χ0v) is 11.5. The van der Waals surface area contributed by atoms with E-state index in [0.717, 1.165) is 23.0 Å². The summed E-state index contributed by atoms with van der Waals surface area (Å²) >= 11 is 5.03. The quantitative estimate of drug-likeness (QED) is 0.861. The Morgan fingerprint density at radius 3 is 2.72 bits per heavy atom. The van der Waals surface area contributed by atoms with E-state index in [1.54, 1.807) is 0 Å². The minimum absolute atomic E-state index is 0.285. The van der Waals surface area contributed by atoms with Gasteiger partial charge in [0.1, 0.15) is 16.6 Å². The summed E-state index contributed by atoms with van der Waals surface area (Å²) in [5.74, 6) is 1.92. The maximum atomic E-state index is 5.70. The maximum absolute atomic E-state index is 5.70. The van der Waals surface area contributed by atoms with Crippen LogP contribution in [0.2, 0.25) is 0 Å². The highest BCUT2D eigenvalue weighted by molar-refractivity contribution is 7.80. The molecule has 2 N–H and O–H groups in total. The number of rotatable bonds is 3. The molecular formula is C13H16N4S. The Balaban J connectivity index is 2.57. The lowest BCUT2D eigenvalue weighted by atomic mass is 10.2. The highest BCUT2D eigenvalue weighted by atomic mass is 32.1. The zero-order valence-electron chi connectivity index (χ0n) is 10.7. The Morgan fingerprint density at radius 1 is 1.39 bits per heavy atom. The second-order valence-electron chi connectivity index (χ2n) is 4.51. The van der Waals surface area contributed by atoms with Crippen molar-refractivity contribution < 1.29 is 0 Å². The van der Waals surface area contributed by atoms with Crippen LogP contribution in [0.1, 0.15) is 37.0 Å². The van der Waals surface area contributed by atoms with E-state index in [4.69, 9.17) is 18.0 Å². The first-order valence-electron chi connectivity index (χ1n) is 5.82. The summed E-state index contributed by atoms with van der Waals surface area (Å²) in [7, 11) is 0. The molecule has 0 aromatic carbocycles. The van der Waals surface area contributed by atoms with Crippen molar-refractivity contribution in [2.24, 2.45) is 5.73 Å². The van der Waals surface area contributed by atoms with Crippen molar-refractivity contribution in [1.29, 1.82) is 0 Å². The van der Waals surface area contributed by atoms with Crippen molar-refractivity contribution in [2.45, 2.75) is 26.7 Å². The maximum Gasteiger partial charge on any atom is 0.141 e. The van der Waals surface area contributed by atoms with Crippen LogP contribution in [0.3, 0.4) is 0 Å². The average molecular weight is 260 g/mol. The largest absolute Gasteiger partial charge is 0.388 e. The fourth-order valence-electron chi connectivity index (χ4n) is 1.74. The molecule has 0 fully saturated rings. The van der Waals surface area contributed by atoms with Crippen LogP contribution in [-0.2, 0) is 0 Å². The first-order valence-corrected chi connectivity index (χ1v) is 6.23. The average Bonchev–Trinajstić information content (AvgIpc) is 2.76. The van der Waals surface area contributed by atoms with E-state index in [1.807, 2.05) is 35.9 Å². The summed E-state index contributed by atoms with van der Waals surface area (Å²) in [6.07, 6.45) is 1.90. The Hall–Kier alpha value is -1.75. The van der Waals surface area contributed by atoms with Crippen LogP contribution in [0.15, 0.2) is 24.4 Å². The summed E-state index contributed by atoms with van der Waals surface area (Å²) in [6, 6.07) is 5.71. The van der Waals surface area contributed by atoms with Gasteiger partial charge in [0.15, 0.2) is 0 Å². The van der Waals surface area contributed by atoms with Gasteiger partial charge in [-0.3, -0.25) is 4.57 Å². The van der Waals surface area contributed by atoms with Crippen LogP contribution in [0, 0.1) is 6.92 Å². The molecule has 94 valence electrons. The molecule has 0 atom stereocenters. The first-order chi connectivity index (χ1) is 8.49. The number of nitrogens with two attached hydrogens (primary N) is 1. The van der Waals surface area contributed by atoms with Gasteiger partial charge in [0, 0.05) is 23.9 Å². The Morgan fingerprint density at radius 2 is 2.11 bits per heavy atom. The molecule has 2 aromatic rings. The van der Waals surface area contributed by atoms with Crippen molar-refractivity contribution in [3.8, 4) is 5.82 Å². The molecule has 0 aliphatic carbocycles. The van der Waals surface area contributed by atoms with Gasteiger partial charge in [0.2, 0.25) is 0 Å². The molecule has 0 bridgehead atoms. The zero-order chi connectivity index (χ0) is 13.3. The van der Waals surface area contributed by atoms with Crippen molar-refractivity contribution >= 4 is 17.2 Å². The number of nitrogens with zero attached hydrogens (tertiary/aromatic N) is 3. The fraction of sp³-hybridized carbons (Fsp3) is 0.308. The number of thiocarbonyl (C=S) groups is 1. The molecule has 0 spiro atoms. The van der Waals surface area contributed by atoms with Crippen molar-refractivity contribution in [3.63, 3.8) is 0 Å². The van der Waals surface area contributed by atoms with Crippen molar-refractivity contribution in [1.82, 2.24) is 14.5 Å². The molecule has 5 heteroatoms. The van der Waals surface area contributed by atoms with Gasteiger partial charge in [-0.25, -0.2) is 9.97 Å². The third-order valence-corrected chi connectivity index (χ3v) is 2.83. The molecule has 0 amide bonds. The van der Waals surface area contributed by atoms with E-state index >= 15 is 0 Å². The van der Waals surface area contributed by atoms with Gasteiger partial charge >= 0.3 is 0 Å². The summed E-state index contributed by atoms with van der Waals surface area (Å²) in [5.41, 5.74) is 7.43. The number of hydrogen-bond donors (Lipinski definition) is 1. The van der Waals surface area contributed by atoms with Crippen LogP contribution < -0.4 is 5.73 Å². The molecule has 2 aromatic heterocycles. The second-order valence-corrected chi connectivity index (χ2v) is 4.95. The van der Waals surface area contributed by atoms with Gasteiger partial charge in [-0.15, -0.1) is 0 Å². The molecule has 2 rings (SSSR count). The van der Waals surface area contributed by atoms with E-state index in [-0.39, 0.29) is 5.92 Å². The van der Waals surface area contributed by atoms with Crippen LogP contribution in [0.4, 0.5) is 0 Å². The molecule has 0 saturated heterocycles. The lowest BCUT2D eigenvalue weighted by Gasteiger charge is -2.11. The van der Waals surface area contributed by atoms with Crippen LogP contribution in [-0.4, -0.2) is 19.5 Å². The molecule has 0 unspecified atom stereocenters. The summed E-state index contributed by atoms with van der Waals surface area (Å²) in [6.45, 7) is 6.10. The molecule has 0 aliphatic rings. The van der Waals surface area contributed by atoms with E-state index in [2.05, 4.69) is 23.8 Å². The SMILES string of the molecule is Cc1cc(-n2cccc2C(N)=S)nc(C(C)C)n1. The van der Waals surface area contributed by atoms with Gasteiger partial charge in [0.25, 0.3) is 0 Å². The van der Waals surface area contributed by atoms with Crippen LogP contribution in [0.25, 0.3) is 5.82 Å². The topological polar surface area (TPSA) is 56.7 Å². The number of aromatic nitrogens is 3. The predicted molar refractivity (Wildman–Crippen MR) is 76.1 cm³/mol. The minimum Gasteiger partial charge on any atom is -0.388 e. The Bertz CT molecular complexity index is 586. The smallest absolute Gasteiger partial charge is 0.141 e. The molecule has 0 saturated carbocycles. The monoisotopic (exact) mass is 260 g/mol. The molecule has 18 heavy (non-hydrogen) atoms. The molecular weight excluding hydrogens is 244 g/mol. The van der Waals surface area contributed by atoms with Crippen molar-refractivity contribution in [3.05, 3.63) is 41.6 Å². The van der Waals surface area contributed by atoms with E-state index in [9.17, 15) is 0 Å². The highest BCUT2D eigenvalue weighted by Crippen LogP contribution is 2.15. The highest BCUT2D eigenvalue weighted by Gasteiger charge is 2.10. The lowest BCUT2D eigenvalue weighted by molar-refractivity contribution is 0.754. The number of aryl methyl sites for hydroxylation is 1. The summed E-state index contributed by atoms with van der Waals surface area (Å²) < 4.78 is 1.89. The normalized spacial score (nSPS) is 10.9. The van der Waals surface area contributed by atoms with Gasteiger partial charge in [0.05, 0.1) is 5.69 Å². The van der Waals surface area contributed by atoms with E-state index in [0.29, 0.717) is 4.99 Å². The molecule has 0 radical (unpaired) electrons. The third-order valence-electron chi connectivity index (χ3n) is 2.62. The lowest BCUT2D eigenvalue weighted by Crippen LogP contribution is -2.16. The summed E-state index contributed by atoms with van der Waals surface area (Å²) in [4.78, 5) is 9.35.